The summed E-state index contributed by atoms with van der Waals surface area (Å²) in [4.78, 5) is 1.60. The summed E-state index contributed by atoms with van der Waals surface area (Å²) in [6, 6.07) is 3.63. The molecule has 0 saturated carbocycles. The minimum atomic E-state index is 0.355. The van der Waals surface area contributed by atoms with Crippen molar-refractivity contribution in [3.63, 3.8) is 0 Å². The molecule has 1 saturated heterocycles. The molecule has 6 nitrogen and oxygen atoms in total. The Labute approximate surface area is 98.6 Å². The molecule has 2 aromatic rings. The van der Waals surface area contributed by atoms with E-state index in [2.05, 4.69) is 15.4 Å². The average molecular weight is 234 g/mol. The molecule has 1 unspecified atom stereocenters. The van der Waals surface area contributed by atoms with Crippen LogP contribution in [0.1, 0.15) is 19.3 Å². The van der Waals surface area contributed by atoms with Crippen molar-refractivity contribution in [2.75, 3.05) is 6.61 Å². The van der Waals surface area contributed by atoms with Gasteiger partial charge in [0.1, 0.15) is 0 Å². The molecule has 17 heavy (non-hydrogen) atoms. The summed E-state index contributed by atoms with van der Waals surface area (Å²) in [5.74, 6) is 1.18. The Morgan fingerprint density at radius 1 is 1.47 bits per heavy atom. The van der Waals surface area contributed by atoms with Gasteiger partial charge in [-0.3, -0.25) is 0 Å². The van der Waals surface area contributed by atoms with E-state index >= 15 is 0 Å². The Balaban J connectivity index is 1.60. The Hall–Kier alpha value is -1.69. The van der Waals surface area contributed by atoms with Gasteiger partial charge in [-0.15, -0.1) is 10.2 Å². The highest BCUT2D eigenvalue weighted by atomic mass is 16.5. The van der Waals surface area contributed by atoms with Crippen molar-refractivity contribution >= 4 is 0 Å². The smallest absolute Gasteiger partial charge is 0.240 e. The Morgan fingerprint density at radius 3 is 3.24 bits per heavy atom. The second kappa shape index (κ2) is 4.67. The lowest BCUT2D eigenvalue weighted by molar-refractivity contribution is 0.0981. The van der Waals surface area contributed by atoms with E-state index in [-0.39, 0.29) is 0 Å². The number of furan rings is 1. The van der Waals surface area contributed by atoms with Gasteiger partial charge >= 0.3 is 0 Å². The van der Waals surface area contributed by atoms with Gasteiger partial charge in [0.05, 0.1) is 18.9 Å². The molecule has 1 aliphatic rings. The van der Waals surface area contributed by atoms with Crippen molar-refractivity contribution < 1.29 is 9.15 Å². The molecule has 0 spiro atoms. The molecule has 6 heteroatoms. The van der Waals surface area contributed by atoms with Crippen LogP contribution in [0.5, 0.6) is 0 Å². The predicted octanol–water partition coefficient (Wildman–Crippen LogP) is 1.50. The molecule has 90 valence electrons. The standard InChI is InChI=1S/C11H14N4O2/c1-3-9(16-7-1)5-6-15-13-11(12-14-15)10-4-2-8-17-10/h2,4,8-9H,1,3,5-7H2. The second-order valence-corrected chi connectivity index (χ2v) is 4.11. The highest BCUT2D eigenvalue weighted by Gasteiger charge is 2.16. The largest absolute Gasteiger partial charge is 0.461 e. The first-order chi connectivity index (χ1) is 8.42. The second-order valence-electron chi connectivity index (χ2n) is 4.11. The lowest BCUT2D eigenvalue weighted by Gasteiger charge is -2.06. The number of ether oxygens (including phenoxy) is 1. The van der Waals surface area contributed by atoms with E-state index in [9.17, 15) is 0 Å². The Kier molecular flexibility index (Phi) is 2.87. The van der Waals surface area contributed by atoms with Crippen LogP contribution in [0.4, 0.5) is 0 Å². The van der Waals surface area contributed by atoms with Gasteiger partial charge in [0.2, 0.25) is 5.82 Å². The van der Waals surface area contributed by atoms with Gasteiger partial charge < -0.3 is 9.15 Å². The van der Waals surface area contributed by atoms with E-state index in [1.54, 1.807) is 11.1 Å². The topological polar surface area (TPSA) is 66.0 Å². The van der Waals surface area contributed by atoms with Crippen LogP contribution in [0, 0.1) is 0 Å². The normalized spacial score (nSPS) is 19.9. The van der Waals surface area contributed by atoms with Crippen molar-refractivity contribution in [1.29, 1.82) is 0 Å². The minimum Gasteiger partial charge on any atom is -0.461 e. The molecule has 3 rings (SSSR count). The van der Waals surface area contributed by atoms with E-state index in [0.717, 1.165) is 32.4 Å². The van der Waals surface area contributed by atoms with Crippen molar-refractivity contribution in [2.45, 2.75) is 31.9 Å². The summed E-state index contributed by atoms with van der Waals surface area (Å²) < 4.78 is 10.8. The molecule has 1 atom stereocenters. The van der Waals surface area contributed by atoms with E-state index < -0.39 is 0 Å². The fourth-order valence-corrected chi connectivity index (χ4v) is 1.97. The van der Waals surface area contributed by atoms with Crippen LogP contribution in [0.25, 0.3) is 11.6 Å². The first-order valence-corrected chi connectivity index (χ1v) is 5.85. The minimum absolute atomic E-state index is 0.355. The van der Waals surface area contributed by atoms with Gasteiger partial charge in [0.25, 0.3) is 0 Å². The number of tetrazole rings is 1. The zero-order valence-corrected chi connectivity index (χ0v) is 9.45. The molecule has 2 aromatic heterocycles. The van der Waals surface area contributed by atoms with Crippen molar-refractivity contribution in [3.05, 3.63) is 18.4 Å². The predicted molar refractivity (Wildman–Crippen MR) is 59.1 cm³/mol. The van der Waals surface area contributed by atoms with Gasteiger partial charge in [0.15, 0.2) is 5.76 Å². The molecule has 1 fully saturated rings. The van der Waals surface area contributed by atoms with Crippen LogP contribution in [0.3, 0.4) is 0 Å². The molecular formula is C11H14N4O2. The maximum Gasteiger partial charge on any atom is 0.240 e. The van der Waals surface area contributed by atoms with Crippen molar-refractivity contribution in [1.82, 2.24) is 20.2 Å². The zero-order chi connectivity index (χ0) is 11.5. The van der Waals surface area contributed by atoms with Crippen LogP contribution in [0.15, 0.2) is 22.8 Å². The van der Waals surface area contributed by atoms with E-state index in [4.69, 9.17) is 9.15 Å². The molecule has 0 N–H and O–H groups in total. The van der Waals surface area contributed by atoms with E-state index in [1.165, 1.54) is 0 Å². The summed E-state index contributed by atoms with van der Waals surface area (Å²) in [5, 5.41) is 12.2. The quantitative estimate of drug-likeness (QED) is 0.802. The van der Waals surface area contributed by atoms with E-state index in [1.807, 2.05) is 12.1 Å². The third-order valence-electron chi connectivity index (χ3n) is 2.87. The van der Waals surface area contributed by atoms with Crippen LogP contribution in [-0.2, 0) is 11.3 Å². The lowest BCUT2D eigenvalue weighted by atomic mass is 10.2. The highest BCUT2D eigenvalue weighted by molar-refractivity contribution is 5.43. The van der Waals surface area contributed by atoms with E-state index in [0.29, 0.717) is 17.7 Å². The van der Waals surface area contributed by atoms with Gasteiger partial charge in [-0.2, -0.15) is 4.80 Å². The van der Waals surface area contributed by atoms with Crippen LogP contribution in [-0.4, -0.2) is 32.9 Å². The molecule has 0 radical (unpaired) electrons. The summed E-state index contributed by atoms with van der Waals surface area (Å²) in [5.41, 5.74) is 0. The third kappa shape index (κ3) is 2.36. The fourth-order valence-electron chi connectivity index (χ4n) is 1.97. The first-order valence-electron chi connectivity index (χ1n) is 5.85. The monoisotopic (exact) mass is 234 g/mol. The van der Waals surface area contributed by atoms with Crippen molar-refractivity contribution in [2.24, 2.45) is 0 Å². The molecule has 0 bridgehead atoms. The van der Waals surface area contributed by atoms with Gasteiger partial charge in [-0.25, -0.2) is 0 Å². The highest BCUT2D eigenvalue weighted by Crippen LogP contribution is 2.16. The molecule has 0 amide bonds. The molecule has 1 aliphatic heterocycles. The third-order valence-corrected chi connectivity index (χ3v) is 2.87. The maximum absolute atomic E-state index is 5.55. The number of aromatic nitrogens is 4. The van der Waals surface area contributed by atoms with Gasteiger partial charge in [-0.05, 0) is 36.6 Å². The summed E-state index contributed by atoms with van der Waals surface area (Å²) in [6.07, 6.45) is 5.19. The van der Waals surface area contributed by atoms with Crippen LogP contribution < -0.4 is 0 Å². The number of aryl methyl sites for hydroxylation is 1. The lowest BCUT2D eigenvalue weighted by Crippen LogP contribution is -2.12. The summed E-state index contributed by atoms with van der Waals surface area (Å²) >= 11 is 0. The molecule has 0 aromatic carbocycles. The number of hydrogen-bond acceptors (Lipinski definition) is 5. The summed E-state index contributed by atoms with van der Waals surface area (Å²) in [6.45, 7) is 1.62. The first kappa shape index (κ1) is 10.5. The van der Waals surface area contributed by atoms with Gasteiger partial charge in [-0.1, -0.05) is 0 Å². The summed E-state index contributed by atoms with van der Waals surface area (Å²) in [7, 11) is 0. The Bertz CT molecular complexity index is 460. The van der Waals surface area contributed by atoms with Crippen LogP contribution in [0.2, 0.25) is 0 Å². The molecule has 0 aliphatic carbocycles. The fraction of sp³-hybridized carbons (Fsp3) is 0.545. The SMILES string of the molecule is c1coc(-c2nnn(CCC3CCCO3)n2)c1. The van der Waals surface area contributed by atoms with Crippen LogP contribution >= 0.6 is 0 Å². The van der Waals surface area contributed by atoms with Crippen molar-refractivity contribution in [3.8, 4) is 11.6 Å². The number of rotatable bonds is 4. The maximum atomic E-state index is 5.55. The molecule has 3 heterocycles. The van der Waals surface area contributed by atoms with Gasteiger partial charge in [0, 0.05) is 6.61 Å². The Morgan fingerprint density at radius 2 is 2.47 bits per heavy atom. The zero-order valence-electron chi connectivity index (χ0n) is 9.45. The molecular weight excluding hydrogens is 220 g/mol. The number of hydrogen-bond donors (Lipinski definition) is 0. The average Bonchev–Trinajstić information content (AvgIpc) is 3.09. The number of nitrogens with zero attached hydrogens (tertiary/aromatic N) is 4.